The summed E-state index contributed by atoms with van der Waals surface area (Å²) in [6.07, 6.45) is 4.52. The van der Waals surface area contributed by atoms with Crippen LogP contribution in [0.1, 0.15) is 99.9 Å². The summed E-state index contributed by atoms with van der Waals surface area (Å²) in [6, 6.07) is 7.38. The summed E-state index contributed by atoms with van der Waals surface area (Å²) >= 11 is 13.9. The molecule has 42 heavy (non-hydrogen) atoms. The Kier molecular flexibility index (Phi) is 14.1. The molecule has 12 heteroatoms. The first-order valence-electron chi connectivity index (χ1n) is 13.6. The van der Waals surface area contributed by atoms with Crippen LogP contribution < -0.4 is 5.73 Å². The number of nitrogens with zero attached hydrogens (tertiary/aromatic N) is 1. The summed E-state index contributed by atoms with van der Waals surface area (Å²) in [5.41, 5.74) is 9.98. The molecule has 2 aromatic rings. The number of hydrogen-bond donors (Lipinski definition) is 2. The molecule has 2 fully saturated rings. The van der Waals surface area contributed by atoms with Crippen molar-refractivity contribution in [2.75, 3.05) is 27.4 Å². The van der Waals surface area contributed by atoms with Crippen LogP contribution in [0.2, 0.25) is 0 Å². The quantitative estimate of drug-likeness (QED) is 0.0929. The Balaban J connectivity index is 0.000000232. The van der Waals surface area contributed by atoms with Gasteiger partial charge in [-0.1, -0.05) is 36.6 Å². The first kappa shape index (κ1) is 35.9. The Hall–Kier alpha value is -2.32. The van der Waals surface area contributed by atoms with E-state index in [9.17, 15) is 9.59 Å². The van der Waals surface area contributed by atoms with Crippen molar-refractivity contribution in [3.63, 3.8) is 0 Å². The molecule has 0 saturated heterocycles. The summed E-state index contributed by atoms with van der Waals surface area (Å²) < 4.78 is 19.6. The molecule has 4 rings (SSSR count). The van der Waals surface area contributed by atoms with Crippen molar-refractivity contribution in [2.24, 2.45) is 5.73 Å². The van der Waals surface area contributed by atoms with E-state index in [1.165, 1.54) is 14.2 Å². The molecular formula is C30H39N2O6PS3. The maximum atomic E-state index is 11.7. The van der Waals surface area contributed by atoms with Gasteiger partial charge in [-0.05, 0) is 111 Å². The summed E-state index contributed by atoms with van der Waals surface area (Å²) in [5.74, 6) is 0.312. The summed E-state index contributed by atoms with van der Waals surface area (Å²) in [5, 5.41) is 0. The molecule has 0 aromatic heterocycles. The third-order valence-electron chi connectivity index (χ3n) is 6.58. The first-order valence-corrected chi connectivity index (χ1v) is 17.8. The predicted octanol–water partition coefficient (Wildman–Crippen LogP) is 7.72. The fraction of sp³-hybridized carbons (Fsp3) is 0.467. The zero-order valence-electron chi connectivity index (χ0n) is 24.9. The molecule has 2 saturated carbocycles. The Morgan fingerprint density at radius 3 is 1.69 bits per heavy atom. The molecule has 0 aliphatic heterocycles. The van der Waals surface area contributed by atoms with Crippen LogP contribution in [0.3, 0.4) is 0 Å². The van der Waals surface area contributed by atoms with Gasteiger partial charge in [-0.25, -0.2) is 14.4 Å². The molecular weight excluding hydrogens is 612 g/mol. The highest BCUT2D eigenvalue weighted by molar-refractivity contribution is 8.60. The van der Waals surface area contributed by atoms with Crippen LogP contribution in [0.5, 0.6) is 0 Å². The lowest BCUT2D eigenvalue weighted by Crippen LogP contribution is -2.14. The fourth-order valence-electron chi connectivity index (χ4n) is 4.24. The monoisotopic (exact) mass is 650 g/mol. The Morgan fingerprint density at radius 2 is 1.33 bits per heavy atom. The summed E-state index contributed by atoms with van der Waals surface area (Å²) in [4.78, 5) is 27.1. The number of nitrogens with two attached hydrogens (primary N) is 1. The van der Waals surface area contributed by atoms with Crippen molar-refractivity contribution in [3.8, 4) is 0 Å². The molecule has 2 aliphatic carbocycles. The van der Waals surface area contributed by atoms with E-state index in [-0.39, 0.29) is 11.9 Å². The molecule has 8 nitrogen and oxygen atoms in total. The third-order valence-corrected chi connectivity index (χ3v) is 9.29. The minimum absolute atomic E-state index is 0.315. The standard InChI is InChI=1S/C13H15NO2S.C13H13NO2.C4H11O2PS2/c1-7-5-10(8-3-4-8)11(13(15)16-2)6-9(7)12(14)17;1-8-6-10(9-4-5-9)11(13(15)16-3)7-12(8)14-2;1-3-5-7(8,9)6-4-2/h5-6,8H,3-4H2,1-2H3,(H2,14,17);6-7,9H,4-5H2,1,3H3;3-4H2,1-2H3,(H,8,9). The fourth-order valence-corrected chi connectivity index (χ4v) is 6.51. The predicted molar refractivity (Wildman–Crippen MR) is 178 cm³/mol. The van der Waals surface area contributed by atoms with E-state index in [1.807, 2.05) is 39.8 Å². The smallest absolute Gasteiger partial charge is 0.338 e. The van der Waals surface area contributed by atoms with E-state index in [2.05, 4.69) is 17.1 Å². The minimum Gasteiger partial charge on any atom is -0.465 e. The number of thiol groups is 1. The normalized spacial score (nSPS) is 13.9. The number of aryl methyl sites for hydroxylation is 2. The number of hydrogen-bond acceptors (Lipinski definition) is 8. The highest BCUT2D eigenvalue weighted by Crippen LogP contribution is 2.53. The van der Waals surface area contributed by atoms with Crippen LogP contribution in [0.25, 0.3) is 4.85 Å². The van der Waals surface area contributed by atoms with Crippen LogP contribution in [0, 0.1) is 20.4 Å². The van der Waals surface area contributed by atoms with Gasteiger partial charge in [0.25, 0.3) is 0 Å². The number of carbonyl (C=O) groups excluding carboxylic acids is 2. The minimum atomic E-state index is -2.16. The van der Waals surface area contributed by atoms with Crippen molar-refractivity contribution < 1.29 is 28.1 Å². The average molecular weight is 651 g/mol. The van der Waals surface area contributed by atoms with Crippen molar-refractivity contribution >= 4 is 64.6 Å². The number of ether oxygens (including phenoxy) is 2. The highest BCUT2D eigenvalue weighted by atomic mass is 32.9. The molecule has 0 spiro atoms. The van der Waals surface area contributed by atoms with Gasteiger partial charge in [-0.15, -0.1) is 0 Å². The molecule has 2 aliphatic rings. The number of methoxy groups -OCH3 is 2. The van der Waals surface area contributed by atoms with Gasteiger partial charge in [0.1, 0.15) is 4.99 Å². The SMILES string of the molecule is CCOP(=S)(S)OCC.COC(=O)c1cc(C(N)=S)c(C)cc1C1CC1.[C-]#[N+]c1cc(C(=O)OC)c(C2CC2)cc1C. The molecule has 228 valence electrons. The topological polar surface area (TPSA) is 101 Å². The van der Waals surface area contributed by atoms with Crippen molar-refractivity contribution in [2.45, 2.75) is 65.2 Å². The zero-order valence-corrected chi connectivity index (χ0v) is 28.3. The van der Waals surface area contributed by atoms with Gasteiger partial charge >= 0.3 is 11.9 Å². The van der Waals surface area contributed by atoms with Crippen LogP contribution in [0.15, 0.2) is 24.3 Å². The second-order valence-corrected chi connectivity index (χ2v) is 15.5. The van der Waals surface area contributed by atoms with Gasteiger partial charge < -0.3 is 24.3 Å². The molecule has 0 radical (unpaired) electrons. The largest absolute Gasteiger partial charge is 0.465 e. The molecule has 0 heterocycles. The van der Waals surface area contributed by atoms with E-state index < -0.39 is 5.69 Å². The lowest BCUT2D eigenvalue weighted by molar-refractivity contribution is 0.0590. The summed E-state index contributed by atoms with van der Waals surface area (Å²) in [6.45, 7) is 15.8. The van der Waals surface area contributed by atoms with Gasteiger partial charge in [0.05, 0.1) is 45.1 Å². The lowest BCUT2D eigenvalue weighted by atomic mass is 9.96. The van der Waals surface area contributed by atoms with E-state index >= 15 is 0 Å². The zero-order chi connectivity index (χ0) is 31.6. The van der Waals surface area contributed by atoms with Crippen molar-refractivity contribution in [1.82, 2.24) is 0 Å². The number of rotatable bonds is 9. The van der Waals surface area contributed by atoms with Crippen LogP contribution in [-0.4, -0.2) is 44.4 Å². The van der Waals surface area contributed by atoms with Crippen LogP contribution in [0.4, 0.5) is 5.69 Å². The Bertz CT molecular complexity index is 1390. The van der Waals surface area contributed by atoms with Gasteiger partial charge in [-0.2, -0.15) is 0 Å². The second-order valence-electron chi connectivity index (χ2n) is 9.79. The Labute approximate surface area is 264 Å². The number of benzene rings is 2. The number of carbonyl (C=O) groups is 2. The van der Waals surface area contributed by atoms with E-state index in [0.717, 1.165) is 53.5 Å². The molecule has 0 amide bonds. The second kappa shape index (κ2) is 16.5. The maximum Gasteiger partial charge on any atom is 0.338 e. The van der Waals surface area contributed by atoms with E-state index in [0.29, 0.717) is 46.9 Å². The number of thiocarbonyl (C=S) groups is 1. The Morgan fingerprint density at radius 1 is 0.905 bits per heavy atom. The van der Waals surface area contributed by atoms with E-state index in [1.54, 1.807) is 12.1 Å². The summed E-state index contributed by atoms with van der Waals surface area (Å²) in [7, 11) is 2.76. The third kappa shape index (κ3) is 10.4. The molecule has 2 aromatic carbocycles. The average Bonchev–Trinajstić information content (AvgIpc) is 3.86. The number of esters is 2. The lowest BCUT2D eigenvalue weighted by Gasteiger charge is -2.13. The highest BCUT2D eigenvalue weighted by Gasteiger charge is 2.30. The van der Waals surface area contributed by atoms with Gasteiger partial charge in [-0.3, -0.25) is 0 Å². The van der Waals surface area contributed by atoms with Crippen molar-refractivity contribution in [1.29, 1.82) is 0 Å². The van der Waals surface area contributed by atoms with Gasteiger partial charge in [0, 0.05) is 5.56 Å². The molecule has 2 N–H and O–H groups in total. The molecule has 0 bridgehead atoms. The molecule has 0 unspecified atom stereocenters. The maximum absolute atomic E-state index is 11.7. The van der Waals surface area contributed by atoms with Crippen LogP contribution >= 0.6 is 30.2 Å². The van der Waals surface area contributed by atoms with Crippen molar-refractivity contribution in [3.05, 3.63) is 74.6 Å². The first-order chi connectivity index (χ1) is 19.8. The van der Waals surface area contributed by atoms with E-state index in [4.69, 9.17) is 54.9 Å². The van der Waals surface area contributed by atoms with Crippen LogP contribution in [-0.2, 0) is 30.3 Å². The molecule has 0 atom stereocenters. The van der Waals surface area contributed by atoms with Gasteiger partial charge in [0.15, 0.2) is 5.69 Å². The van der Waals surface area contributed by atoms with Gasteiger partial charge in [0.2, 0.25) is 5.69 Å².